The van der Waals surface area contributed by atoms with Gasteiger partial charge < -0.3 is 19.9 Å². The lowest BCUT2D eigenvalue weighted by Crippen LogP contribution is -2.23. The van der Waals surface area contributed by atoms with Gasteiger partial charge in [0.1, 0.15) is 22.5 Å². The van der Waals surface area contributed by atoms with E-state index in [0.717, 1.165) is 22.8 Å². The van der Waals surface area contributed by atoms with E-state index in [1.54, 1.807) is 48.0 Å². The zero-order valence-corrected chi connectivity index (χ0v) is 17.8. The average molecular weight is 457 g/mol. The molecule has 0 saturated heterocycles. The Bertz CT molecular complexity index is 1220. The third-order valence-electron chi connectivity index (χ3n) is 4.22. The molecule has 158 valence electrons. The fourth-order valence-corrected chi connectivity index (χ4v) is 3.75. The molecular formula is C20H16N4O5S2. The zero-order valence-electron chi connectivity index (χ0n) is 16.1. The Morgan fingerprint density at radius 2 is 1.84 bits per heavy atom. The van der Waals surface area contributed by atoms with Crippen LogP contribution < -0.4 is 14.8 Å². The van der Waals surface area contributed by atoms with Crippen LogP contribution >= 0.6 is 23.1 Å². The predicted octanol–water partition coefficient (Wildman–Crippen LogP) is 3.72. The second kappa shape index (κ2) is 9.06. The van der Waals surface area contributed by atoms with Gasteiger partial charge in [0.2, 0.25) is 5.88 Å². The SMILES string of the molecule is CC(Oc1ccc(CNC(=O)c2scnc2Oc2ccc3nsnc3c2)cc1)C(=O)O. The third-order valence-corrected chi connectivity index (χ3v) is 5.58. The minimum atomic E-state index is -1.04. The van der Waals surface area contributed by atoms with Crippen LogP contribution in [0.2, 0.25) is 0 Å². The van der Waals surface area contributed by atoms with E-state index < -0.39 is 12.1 Å². The Balaban J connectivity index is 1.37. The topological polar surface area (TPSA) is 124 Å². The van der Waals surface area contributed by atoms with Crippen molar-refractivity contribution < 1.29 is 24.2 Å². The van der Waals surface area contributed by atoms with Gasteiger partial charge in [0, 0.05) is 12.6 Å². The number of nitrogens with one attached hydrogen (secondary N) is 1. The van der Waals surface area contributed by atoms with Crippen LogP contribution in [0.4, 0.5) is 0 Å². The Labute approximate surface area is 184 Å². The highest BCUT2D eigenvalue weighted by Gasteiger charge is 2.17. The van der Waals surface area contributed by atoms with E-state index in [0.29, 0.717) is 21.9 Å². The second-order valence-corrected chi connectivity index (χ2v) is 7.81. The van der Waals surface area contributed by atoms with Gasteiger partial charge in [0.25, 0.3) is 5.91 Å². The number of hydrogen-bond acceptors (Lipinski definition) is 9. The highest BCUT2D eigenvalue weighted by atomic mass is 32.1. The molecule has 0 aliphatic heterocycles. The van der Waals surface area contributed by atoms with Gasteiger partial charge in [-0.1, -0.05) is 12.1 Å². The smallest absolute Gasteiger partial charge is 0.344 e. The number of rotatable bonds is 8. The lowest BCUT2D eigenvalue weighted by Gasteiger charge is -2.11. The summed E-state index contributed by atoms with van der Waals surface area (Å²) < 4.78 is 19.4. The molecule has 2 heterocycles. The average Bonchev–Trinajstić information content (AvgIpc) is 3.42. The number of carbonyl (C=O) groups is 2. The van der Waals surface area contributed by atoms with E-state index in [2.05, 4.69) is 19.0 Å². The summed E-state index contributed by atoms with van der Waals surface area (Å²) in [5, 5.41) is 11.7. The number of carboxylic acid groups (broad SMARTS) is 1. The Hall–Kier alpha value is -3.57. The first-order chi connectivity index (χ1) is 15.0. The number of amides is 1. The minimum absolute atomic E-state index is 0.219. The molecular weight excluding hydrogens is 440 g/mol. The molecule has 31 heavy (non-hydrogen) atoms. The molecule has 2 aromatic heterocycles. The summed E-state index contributed by atoms with van der Waals surface area (Å²) >= 11 is 2.30. The third kappa shape index (κ3) is 4.95. The minimum Gasteiger partial charge on any atom is -0.479 e. The Morgan fingerprint density at radius 1 is 1.10 bits per heavy atom. The van der Waals surface area contributed by atoms with Crippen LogP contribution in [-0.2, 0) is 11.3 Å². The number of nitrogens with zero attached hydrogens (tertiary/aromatic N) is 3. The molecule has 0 aliphatic rings. The summed E-state index contributed by atoms with van der Waals surface area (Å²) in [5.74, 6) is -0.172. The van der Waals surface area contributed by atoms with Crippen molar-refractivity contribution in [2.45, 2.75) is 19.6 Å². The molecule has 0 fully saturated rings. The Morgan fingerprint density at radius 3 is 2.61 bits per heavy atom. The van der Waals surface area contributed by atoms with Gasteiger partial charge in [-0.15, -0.1) is 11.3 Å². The predicted molar refractivity (Wildman–Crippen MR) is 115 cm³/mol. The lowest BCUT2D eigenvalue weighted by atomic mass is 10.2. The van der Waals surface area contributed by atoms with E-state index in [9.17, 15) is 9.59 Å². The monoisotopic (exact) mass is 456 g/mol. The van der Waals surface area contributed by atoms with Crippen LogP contribution in [0.3, 0.4) is 0 Å². The summed E-state index contributed by atoms with van der Waals surface area (Å²) in [6.07, 6.45) is -0.942. The van der Waals surface area contributed by atoms with E-state index in [1.165, 1.54) is 18.3 Å². The molecule has 0 radical (unpaired) electrons. The fraction of sp³-hybridized carbons (Fsp3) is 0.150. The summed E-state index contributed by atoms with van der Waals surface area (Å²) in [6.45, 7) is 1.73. The van der Waals surface area contributed by atoms with E-state index in [1.807, 2.05) is 0 Å². The number of carbonyl (C=O) groups excluding carboxylic acids is 1. The molecule has 0 spiro atoms. The highest BCUT2D eigenvalue weighted by Crippen LogP contribution is 2.28. The molecule has 2 N–H and O–H groups in total. The first kappa shape index (κ1) is 20.7. The number of aromatic nitrogens is 3. The van der Waals surface area contributed by atoms with Gasteiger partial charge >= 0.3 is 5.97 Å². The van der Waals surface area contributed by atoms with Gasteiger partial charge in [-0.2, -0.15) is 8.75 Å². The molecule has 2 aromatic carbocycles. The molecule has 0 saturated carbocycles. The van der Waals surface area contributed by atoms with Crippen molar-refractivity contribution >= 4 is 46.0 Å². The fourth-order valence-electron chi connectivity index (χ4n) is 2.60. The lowest BCUT2D eigenvalue weighted by molar-refractivity contribution is -0.144. The summed E-state index contributed by atoms with van der Waals surface area (Å²) in [5.41, 5.74) is 3.87. The van der Waals surface area contributed by atoms with Gasteiger partial charge in [-0.05, 0) is 36.8 Å². The number of carboxylic acids is 1. The van der Waals surface area contributed by atoms with Crippen LogP contribution in [0, 0.1) is 0 Å². The number of aliphatic carboxylic acids is 1. The number of thiazole rings is 1. The summed E-state index contributed by atoms with van der Waals surface area (Å²) in [7, 11) is 0. The van der Waals surface area contributed by atoms with E-state index >= 15 is 0 Å². The Kier molecular flexibility index (Phi) is 6.05. The van der Waals surface area contributed by atoms with Crippen molar-refractivity contribution in [2.24, 2.45) is 0 Å². The number of hydrogen-bond donors (Lipinski definition) is 2. The number of benzene rings is 2. The van der Waals surface area contributed by atoms with Crippen LogP contribution in [-0.4, -0.2) is 36.8 Å². The number of fused-ring (bicyclic) bond motifs is 1. The van der Waals surface area contributed by atoms with Crippen LogP contribution in [0.15, 0.2) is 48.0 Å². The number of ether oxygens (including phenoxy) is 2. The van der Waals surface area contributed by atoms with Crippen molar-refractivity contribution in [3.8, 4) is 17.4 Å². The standard InChI is InChI=1S/C20H16N4O5S2/c1-11(20(26)27)28-13-4-2-12(3-5-13)9-21-18(25)17-19(22-10-30-17)29-14-6-7-15-16(8-14)24-31-23-15/h2-8,10-11H,9H2,1H3,(H,21,25)(H,26,27). The summed E-state index contributed by atoms with van der Waals surface area (Å²) in [4.78, 5) is 28.0. The van der Waals surface area contributed by atoms with Gasteiger partial charge in [-0.3, -0.25) is 4.79 Å². The van der Waals surface area contributed by atoms with Crippen LogP contribution in [0.5, 0.6) is 17.4 Å². The van der Waals surface area contributed by atoms with Gasteiger partial charge in [0.15, 0.2) is 11.0 Å². The summed E-state index contributed by atoms with van der Waals surface area (Å²) in [6, 6.07) is 12.1. The molecule has 1 unspecified atom stereocenters. The molecule has 4 aromatic rings. The van der Waals surface area contributed by atoms with E-state index in [4.69, 9.17) is 14.6 Å². The molecule has 11 heteroatoms. The molecule has 1 atom stereocenters. The van der Waals surface area contributed by atoms with Gasteiger partial charge in [0.05, 0.1) is 17.2 Å². The van der Waals surface area contributed by atoms with Crippen molar-refractivity contribution in [2.75, 3.05) is 0 Å². The highest BCUT2D eigenvalue weighted by molar-refractivity contribution is 7.12. The maximum Gasteiger partial charge on any atom is 0.344 e. The molecule has 1 amide bonds. The normalized spacial score (nSPS) is 11.8. The zero-order chi connectivity index (χ0) is 21.8. The maximum absolute atomic E-state index is 12.6. The molecule has 9 nitrogen and oxygen atoms in total. The van der Waals surface area contributed by atoms with E-state index in [-0.39, 0.29) is 18.3 Å². The van der Waals surface area contributed by atoms with Crippen LogP contribution in [0.25, 0.3) is 11.0 Å². The van der Waals surface area contributed by atoms with Crippen molar-refractivity contribution in [3.63, 3.8) is 0 Å². The molecule has 0 bridgehead atoms. The van der Waals surface area contributed by atoms with Gasteiger partial charge in [-0.25, -0.2) is 9.78 Å². The van der Waals surface area contributed by atoms with Crippen molar-refractivity contribution in [1.29, 1.82) is 0 Å². The maximum atomic E-state index is 12.6. The first-order valence-electron chi connectivity index (χ1n) is 9.10. The van der Waals surface area contributed by atoms with Crippen molar-refractivity contribution in [3.05, 3.63) is 58.4 Å². The van der Waals surface area contributed by atoms with Crippen LogP contribution in [0.1, 0.15) is 22.2 Å². The first-order valence-corrected chi connectivity index (χ1v) is 10.7. The largest absolute Gasteiger partial charge is 0.479 e. The second-order valence-electron chi connectivity index (χ2n) is 6.43. The molecule has 4 rings (SSSR count). The van der Waals surface area contributed by atoms with Crippen molar-refractivity contribution in [1.82, 2.24) is 19.0 Å². The molecule has 0 aliphatic carbocycles. The quantitative estimate of drug-likeness (QED) is 0.411.